The molecule has 2 aliphatic heterocycles. The lowest BCUT2D eigenvalue weighted by Crippen LogP contribution is -2.52. The maximum absolute atomic E-state index is 13.9. The number of nitrogens with zero attached hydrogens (tertiary/aromatic N) is 7. The highest BCUT2D eigenvalue weighted by Crippen LogP contribution is 2.40. The topological polar surface area (TPSA) is 141 Å². The van der Waals surface area contributed by atoms with Crippen LogP contribution in [0.25, 0.3) is 11.3 Å². The van der Waals surface area contributed by atoms with Gasteiger partial charge in [-0.05, 0) is 85.9 Å². The van der Waals surface area contributed by atoms with Gasteiger partial charge in [-0.2, -0.15) is 0 Å². The number of rotatable bonds is 10. The van der Waals surface area contributed by atoms with Crippen molar-refractivity contribution in [1.29, 1.82) is 0 Å². The molecule has 4 aliphatic rings. The van der Waals surface area contributed by atoms with Gasteiger partial charge < -0.3 is 29.8 Å². The number of amides is 2. The van der Waals surface area contributed by atoms with Gasteiger partial charge in [0.1, 0.15) is 11.5 Å². The normalized spacial score (nSPS) is 19.4. The van der Waals surface area contributed by atoms with Crippen molar-refractivity contribution in [2.75, 3.05) is 53.2 Å². The van der Waals surface area contributed by atoms with Crippen molar-refractivity contribution in [2.24, 2.45) is 18.4 Å². The van der Waals surface area contributed by atoms with Crippen LogP contribution >= 0.6 is 0 Å². The summed E-state index contributed by atoms with van der Waals surface area (Å²) in [5, 5.41) is 16.9. The van der Waals surface area contributed by atoms with Crippen LogP contribution in [0.2, 0.25) is 0 Å². The Bertz CT molecular complexity index is 2220. The Morgan fingerprint density at radius 1 is 1.09 bits per heavy atom. The molecule has 3 aromatic heterocycles. The van der Waals surface area contributed by atoms with Crippen LogP contribution < -0.4 is 26.0 Å². The van der Waals surface area contributed by atoms with Gasteiger partial charge in [-0.3, -0.25) is 24.2 Å². The summed E-state index contributed by atoms with van der Waals surface area (Å²) >= 11 is 0. The highest BCUT2D eigenvalue weighted by Gasteiger charge is 2.38. The van der Waals surface area contributed by atoms with Gasteiger partial charge >= 0.3 is 0 Å². The molecule has 13 nitrogen and oxygen atoms in total. The van der Waals surface area contributed by atoms with E-state index in [-0.39, 0.29) is 41.3 Å². The maximum Gasteiger partial charge on any atom is 0.293 e. The second kappa shape index (κ2) is 13.9. The van der Waals surface area contributed by atoms with Crippen molar-refractivity contribution in [3.05, 3.63) is 88.2 Å². The van der Waals surface area contributed by atoms with Crippen LogP contribution in [-0.2, 0) is 37.8 Å². The third-order valence-electron chi connectivity index (χ3n) is 11.4. The number of piperazine rings is 1. The minimum Gasteiger partial charge on any atom is -0.392 e. The van der Waals surface area contributed by atoms with E-state index in [4.69, 9.17) is 4.98 Å². The second-order valence-electron chi connectivity index (χ2n) is 16.1. The molecule has 2 fully saturated rings. The lowest BCUT2D eigenvalue weighted by molar-refractivity contribution is -0.111. The fraction of sp³-hybridized carbons (Fsp3) is 0.439. The van der Waals surface area contributed by atoms with Gasteiger partial charge in [0, 0.05) is 87.3 Å². The predicted octanol–water partition coefficient (Wildman–Crippen LogP) is 4.71. The van der Waals surface area contributed by atoms with Gasteiger partial charge in [0.2, 0.25) is 5.91 Å². The average Bonchev–Trinajstić information content (AvgIpc) is 3.82. The van der Waals surface area contributed by atoms with E-state index in [1.165, 1.54) is 34.7 Å². The predicted molar refractivity (Wildman–Crippen MR) is 210 cm³/mol. The monoisotopic (exact) mass is 731 g/mol. The molecular formula is C41H49N9O4. The molecule has 8 rings (SSSR count). The zero-order valence-corrected chi connectivity index (χ0v) is 31.6. The summed E-state index contributed by atoms with van der Waals surface area (Å²) in [4.78, 5) is 55.9. The van der Waals surface area contributed by atoms with Crippen LogP contribution in [0.5, 0.6) is 0 Å². The van der Waals surface area contributed by atoms with E-state index < -0.39 is 0 Å². The standard InChI is InChI=1S/C41H49N9O4/c1-6-36(52)44-31-18-28(9-10-33(31)48-14-13-47(21-25(48)2)22-26-7-8-26)43-37-40(54)46(5)23-32(45-37)29-11-12-42-38(30(29)24-51)50-16-15-49-34(39(50)53)17-27-19-41(3,4)20-35(27)49/h6,9-12,17-18,23,25-26,51H,1,7-8,13-16,19-22,24H2,2-5H3,(H,43,45)(H,44,52)/t25-/m0/s1. The van der Waals surface area contributed by atoms with E-state index in [0.29, 0.717) is 52.8 Å². The molecule has 1 atom stereocenters. The number of fused-ring (bicyclic) bond motifs is 3. The number of carbonyl (C=O) groups excluding carboxylic acids is 2. The van der Waals surface area contributed by atoms with Crippen LogP contribution in [0.15, 0.2) is 60.2 Å². The van der Waals surface area contributed by atoms with E-state index in [0.717, 1.165) is 50.6 Å². The number of nitrogens with one attached hydrogen (secondary N) is 2. The summed E-state index contributed by atoms with van der Waals surface area (Å²) in [5.74, 6) is 0.786. The maximum atomic E-state index is 13.9. The molecule has 13 heteroatoms. The second-order valence-corrected chi connectivity index (χ2v) is 16.1. The molecule has 5 heterocycles. The summed E-state index contributed by atoms with van der Waals surface area (Å²) in [7, 11) is 1.64. The Balaban J connectivity index is 1.08. The fourth-order valence-corrected chi connectivity index (χ4v) is 8.55. The Labute approximate surface area is 315 Å². The number of anilines is 5. The zero-order valence-electron chi connectivity index (χ0n) is 31.6. The largest absolute Gasteiger partial charge is 0.392 e. The lowest BCUT2D eigenvalue weighted by atomic mass is 9.90. The van der Waals surface area contributed by atoms with Crippen LogP contribution in [0.3, 0.4) is 0 Å². The highest BCUT2D eigenvalue weighted by atomic mass is 16.3. The molecule has 1 saturated heterocycles. The van der Waals surface area contributed by atoms with E-state index in [1.54, 1.807) is 30.4 Å². The third kappa shape index (κ3) is 6.70. The average molecular weight is 732 g/mol. The van der Waals surface area contributed by atoms with Crippen molar-refractivity contribution < 1.29 is 14.7 Å². The number of aliphatic hydroxyl groups excluding tert-OH is 1. The van der Waals surface area contributed by atoms with E-state index >= 15 is 0 Å². The first-order valence-electron chi connectivity index (χ1n) is 19.0. The molecule has 0 radical (unpaired) electrons. The molecule has 1 aromatic carbocycles. The minimum absolute atomic E-state index is 0.0670. The molecule has 2 amide bonds. The quantitative estimate of drug-likeness (QED) is 0.198. The Morgan fingerprint density at radius 2 is 1.91 bits per heavy atom. The van der Waals surface area contributed by atoms with Gasteiger partial charge in [0.25, 0.3) is 11.5 Å². The van der Waals surface area contributed by atoms with Gasteiger partial charge in [-0.15, -0.1) is 0 Å². The number of pyridine rings is 1. The first-order chi connectivity index (χ1) is 25.9. The molecule has 4 aromatic rings. The van der Waals surface area contributed by atoms with Crippen LogP contribution in [0.4, 0.5) is 28.7 Å². The first kappa shape index (κ1) is 35.7. The number of hydrogen-bond acceptors (Lipinski definition) is 9. The molecule has 0 bridgehead atoms. The van der Waals surface area contributed by atoms with Gasteiger partial charge in [-0.25, -0.2) is 9.97 Å². The summed E-state index contributed by atoms with van der Waals surface area (Å²) in [6.07, 6.45) is 8.98. The minimum atomic E-state index is -0.387. The molecular weight excluding hydrogens is 683 g/mol. The molecule has 54 heavy (non-hydrogen) atoms. The van der Waals surface area contributed by atoms with Crippen molar-refractivity contribution >= 4 is 40.5 Å². The van der Waals surface area contributed by atoms with Gasteiger partial charge in [0.05, 0.1) is 23.7 Å². The van der Waals surface area contributed by atoms with Gasteiger partial charge in [-0.1, -0.05) is 20.4 Å². The van der Waals surface area contributed by atoms with Crippen molar-refractivity contribution in [2.45, 2.75) is 65.6 Å². The number of benzene rings is 1. The third-order valence-corrected chi connectivity index (χ3v) is 11.4. The van der Waals surface area contributed by atoms with Gasteiger partial charge in [0.15, 0.2) is 5.82 Å². The molecule has 282 valence electrons. The lowest BCUT2D eigenvalue weighted by Gasteiger charge is -2.42. The Morgan fingerprint density at radius 3 is 2.65 bits per heavy atom. The molecule has 2 aliphatic carbocycles. The van der Waals surface area contributed by atoms with Crippen molar-refractivity contribution in [3.63, 3.8) is 0 Å². The Hall–Kier alpha value is -5.27. The summed E-state index contributed by atoms with van der Waals surface area (Å²) < 4.78 is 3.58. The highest BCUT2D eigenvalue weighted by molar-refractivity contribution is 6.06. The van der Waals surface area contributed by atoms with E-state index in [2.05, 4.69) is 57.3 Å². The summed E-state index contributed by atoms with van der Waals surface area (Å²) in [6.45, 7) is 14.9. The van der Waals surface area contributed by atoms with Crippen LogP contribution in [0, 0.1) is 11.3 Å². The van der Waals surface area contributed by atoms with Crippen LogP contribution in [0.1, 0.15) is 60.9 Å². The summed E-state index contributed by atoms with van der Waals surface area (Å²) in [5.41, 5.74) is 6.43. The SMILES string of the molecule is C=CC(=O)Nc1cc(Nc2nc(-c3ccnc(N4CCn5c(cc6c5CC(C)(C)C6)C4=O)c3CO)cn(C)c2=O)ccc1N1CCN(CC2CC2)C[C@@H]1C. The fourth-order valence-electron chi connectivity index (χ4n) is 8.55. The number of carbonyl (C=O) groups is 2. The smallest absolute Gasteiger partial charge is 0.293 e. The van der Waals surface area contributed by atoms with Crippen molar-refractivity contribution in [3.8, 4) is 11.3 Å². The van der Waals surface area contributed by atoms with Crippen molar-refractivity contribution in [1.82, 2.24) is 24.0 Å². The van der Waals surface area contributed by atoms with E-state index in [9.17, 15) is 19.5 Å². The molecule has 0 spiro atoms. The first-order valence-corrected chi connectivity index (χ1v) is 19.0. The Kier molecular flexibility index (Phi) is 9.17. The number of hydrogen-bond donors (Lipinski definition) is 3. The number of aliphatic hydroxyl groups is 1. The summed E-state index contributed by atoms with van der Waals surface area (Å²) in [6, 6.07) is 9.66. The number of aryl methyl sites for hydroxylation is 1. The molecule has 3 N–H and O–H groups in total. The molecule has 0 unspecified atom stereocenters. The number of aromatic nitrogens is 4. The zero-order chi connectivity index (χ0) is 37.9. The van der Waals surface area contributed by atoms with Crippen LogP contribution in [-0.4, -0.2) is 79.7 Å². The van der Waals surface area contributed by atoms with E-state index in [1.807, 2.05) is 24.3 Å². The molecule has 1 saturated carbocycles.